The molecule has 0 bridgehead atoms. The second-order valence-electron chi connectivity index (χ2n) is 12.1. The van der Waals surface area contributed by atoms with Crippen LogP contribution in [0, 0.1) is 11.8 Å². The molecule has 6 rings (SSSR count). The van der Waals surface area contributed by atoms with Crippen molar-refractivity contribution >= 4 is 60.9 Å². The number of nitrogens with one attached hydrogen (secondary N) is 2. The Bertz CT molecular complexity index is 2170. The molecule has 0 aromatic heterocycles. The topological polar surface area (TPSA) is 249 Å². The van der Waals surface area contributed by atoms with Gasteiger partial charge < -0.3 is 20.8 Å². The Kier molecular flexibility index (Phi) is 10.00. The highest BCUT2D eigenvalue weighted by molar-refractivity contribution is 7.90. The molecule has 0 saturated heterocycles. The van der Waals surface area contributed by atoms with Crippen molar-refractivity contribution in [2.75, 3.05) is 10.6 Å². The Morgan fingerprint density at radius 2 is 0.962 bits per heavy atom. The number of hydrogen-bond donors (Lipinski definition) is 6. The summed E-state index contributed by atoms with van der Waals surface area (Å²) in [6, 6.07) is 11.0. The largest absolute Gasteiger partial charge is 0.385 e. The lowest BCUT2D eigenvalue weighted by Crippen LogP contribution is -2.30. The van der Waals surface area contributed by atoms with E-state index in [1.54, 1.807) is 0 Å². The lowest BCUT2D eigenvalue weighted by atomic mass is 9.80. The zero-order valence-corrected chi connectivity index (χ0v) is 28.5. The number of aliphatic hydroxyl groups excluding tert-OH is 2. The predicted molar refractivity (Wildman–Crippen MR) is 191 cm³/mol. The van der Waals surface area contributed by atoms with E-state index in [1.165, 1.54) is 97.1 Å². The second-order valence-corrected chi connectivity index (χ2v) is 15.0. The normalized spacial score (nSPS) is 24.2. The highest BCUT2D eigenvalue weighted by atomic mass is 32.2. The number of urea groups is 1. The highest BCUT2D eigenvalue weighted by Crippen LogP contribution is 2.36. The molecule has 0 radical (unpaired) electrons. The fourth-order valence-corrected chi connectivity index (χ4v) is 7.28. The van der Waals surface area contributed by atoms with E-state index in [0.717, 1.165) is 0 Å². The second kappa shape index (κ2) is 14.3. The van der Waals surface area contributed by atoms with Crippen LogP contribution in [0.4, 0.5) is 16.2 Å². The number of nitrogens with zero attached hydrogens (tertiary/aromatic N) is 2. The third-order valence-corrected chi connectivity index (χ3v) is 10.7. The van der Waals surface area contributed by atoms with Gasteiger partial charge in [0.05, 0.1) is 33.4 Å². The molecular weight excluding hydrogens is 717 g/mol. The zero-order valence-electron chi connectivity index (χ0n) is 26.8. The zero-order chi connectivity index (χ0) is 37.4. The third kappa shape index (κ3) is 8.04. The number of anilines is 2. The van der Waals surface area contributed by atoms with Gasteiger partial charge in [-0.25, -0.2) is 14.8 Å². The van der Waals surface area contributed by atoms with Gasteiger partial charge in [-0.3, -0.25) is 18.7 Å². The van der Waals surface area contributed by atoms with Gasteiger partial charge in [0.1, 0.15) is 0 Å². The monoisotopic (exact) mass is 746 g/mol. The highest BCUT2D eigenvalue weighted by Gasteiger charge is 2.35. The number of carbonyl (C=O) groups excluding carboxylic acids is 3. The first-order chi connectivity index (χ1) is 24.6. The van der Waals surface area contributed by atoms with Gasteiger partial charge in [-0.2, -0.15) is 16.8 Å². The molecule has 0 spiro atoms. The van der Waals surface area contributed by atoms with Crippen LogP contribution in [0.3, 0.4) is 0 Å². The van der Waals surface area contributed by atoms with Gasteiger partial charge >= 0.3 is 6.03 Å². The number of carbonyl (C=O) groups is 3. The first-order valence-electron chi connectivity index (χ1n) is 15.6. The van der Waals surface area contributed by atoms with E-state index in [2.05, 4.69) is 20.6 Å². The Morgan fingerprint density at radius 1 is 0.596 bits per heavy atom. The number of rotatable bonds is 6. The van der Waals surface area contributed by atoms with Crippen LogP contribution in [0.25, 0.3) is 0 Å². The quantitative estimate of drug-likeness (QED) is 0.232. The summed E-state index contributed by atoms with van der Waals surface area (Å²) in [4.78, 5) is 46.3. The summed E-state index contributed by atoms with van der Waals surface area (Å²) in [5, 5.41) is 25.8. The van der Waals surface area contributed by atoms with E-state index in [1.807, 2.05) is 0 Å². The summed E-state index contributed by atoms with van der Waals surface area (Å²) in [6.45, 7) is 0. The number of benzene rings is 2. The van der Waals surface area contributed by atoms with E-state index in [9.17, 15) is 50.5 Å². The molecule has 0 aliphatic heterocycles. The summed E-state index contributed by atoms with van der Waals surface area (Å²) in [5.74, 6) is -2.77. The predicted octanol–water partition coefficient (Wildman–Crippen LogP) is 3.79. The van der Waals surface area contributed by atoms with Crippen molar-refractivity contribution in [3.8, 4) is 0 Å². The summed E-state index contributed by atoms with van der Waals surface area (Å²) < 4.78 is 65.6. The van der Waals surface area contributed by atoms with Crippen LogP contribution in [0.2, 0.25) is 0 Å². The van der Waals surface area contributed by atoms with Crippen LogP contribution in [0.1, 0.15) is 33.6 Å². The van der Waals surface area contributed by atoms with Crippen molar-refractivity contribution in [2.24, 2.45) is 21.8 Å². The lowest BCUT2D eigenvalue weighted by molar-refractivity contribution is 0.0994. The molecule has 15 nitrogen and oxygen atoms in total. The average Bonchev–Trinajstić information content (AvgIpc) is 3.10. The minimum Gasteiger partial charge on any atom is -0.385 e. The Labute approximate surface area is 297 Å². The molecule has 0 fully saturated rings. The van der Waals surface area contributed by atoms with Crippen molar-refractivity contribution in [1.29, 1.82) is 0 Å². The smallest absolute Gasteiger partial charge is 0.323 e. The third-order valence-electron chi connectivity index (χ3n) is 8.74. The van der Waals surface area contributed by atoms with Gasteiger partial charge in [-0.15, -0.1) is 0 Å². The molecule has 4 aliphatic carbocycles. The Morgan fingerprint density at radius 3 is 1.31 bits per heavy atom. The van der Waals surface area contributed by atoms with Crippen molar-refractivity contribution in [3.05, 3.63) is 129 Å². The Hall–Kier alpha value is -5.43. The van der Waals surface area contributed by atoms with Crippen LogP contribution in [-0.2, 0) is 20.2 Å². The number of allylic oxidation sites excluding steroid dienone is 8. The van der Waals surface area contributed by atoms with Crippen LogP contribution < -0.4 is 10.6 Å². The summed E-state index contributed by atoms with van der Waals surface area (Å²) in [5.41, 5.74) is 2.30. The van der Waals surface area contributed by atoms with Crippen molar-refractivity contribution in [3.63, 3.8) is 0 Å². The summed E-state index contributed by atoms with van der Waals surface area (Å²) in [6.07, 6.45) is 8.54. The number of hydrogen-bond acceptors (Lipinski definition) is 9. The van der Waals surface area contributed by atoms with E-state index < -0.39 is 62.1 Å². The number of aliphatic imine (C=N–C) groups is 2. The number of aliphatic hydroxyl groups is 2. The average molecular weight is 747 g/mol. The first-order valence-corrected chi connectivity index (χ1v) is 18.5. The maximum Gasteiger partial charge on any atom is 0.323 e. The fourth-order valence-electron chi connectivity index (χ4n) is 6.04. The van der Waals surface area contributed by atoms with Gasteiger partial charge in [0.2, 0.25) is 0 Å². The van der Waals surface area contributed by atoms with Crippen molar-refractivity contribution in [2.45, 2.75) is 25.0 Å². The van der Waals surface area contributed by atoms with Gasteiger partial charge in [-0.1, -0.05) is 24.3 Å². The number of fused-ring (bicyclic) bond motifs is 2. The molecule has 4 aliphatic rings. The van der Waals surface area contributed by atoms with E-state index >= 15 is 0 Å². The maximum absolute atomic E-state index is 13.0. The first kappa shape index (κ1) is 36.4. The van der Waals surface area contributed by atoms with E-state index in [4.69, 9.17) is 0 Å². The van der Waals surface area contributed by atoms with Crippen LogP contribution in [0.5, 0.6) is 0 Å². The minimum absolute atomic E-state index is 0.166. The van der Waals surface area contributed by atoms with E-state index in [0.29, 0.717) is 22.5 Å². The molecule has 52 heavy (non-hydrogen) atoms. The van der Waals surface area contributed by atoms with Crippen LogP contribution in [-0.4, -0.2) is 77.6 Å². The van der Waals surface area contributed by atoms with E-state index in [-0.39, 0.29) is 45.2 Å². The van der Waals surface area contributed by atoms with Gasteiger partial charge in [-0.05, 0) is 96.8 Å². The molecule has 268 valence electrons. The van der Waals surface area contributed by atoms with Crippen LogP contribution in [0.15, 0.2) is 128 Å². The summed E-state index contributed by atoms with van der Waals surface area (Å²) >= 11 is 0. The van der Waals surface area contributed by atoms with Crippen molar-refractivity contribution in [1.82, 2.24) is 0 Å². The summed E-state index contributed by atoms with van der Waals surface area (Å²) in [7, 11) is -8.94. The molecule has 0 heterocycles. The molecule has 2 aromatic carbocycles. The lowest BCUT2D eigenvalue weighted by Gasteiger charge is -2.29. The van der Waals surface area contributed by atoms with Crippen LogP contribution >= 0.6 is 0 Å². The van der Waals surface area contributed by atoms with Gasteiger partial charge in [0.15, 0.2) is 0 Å². The standard InChI is InChI=1S/C35H30N4O11S2/c40-31-15-13-29(27-17-23(51(45,46)47)9-11-25(27)31)38-33(42)19-1-5-21(6-2-19)36-35(44)37-22-7-3-20(4-8-22)34(43)39-30-14-16-32(41)26-12-10-24(18-28(26)30)52(48,49)50/h1-16,27-28,31-32,40-41H,17-18H2,(H2,36,37,44)(H,45,46,47)(H,48,49,50). The maximum atomic E-state index is 13.0. The SMILES string of the molecule is O=C(Nc1ccc(C(=O)N=C2C=CC(O)C3=CC=C(S(=O)(=O)O)CC32)cc1)Nc1ccc(C(=O)N=C2C=CC(O)C3=CC=C(S(=O)(=O)O)CC32)cc1. The molecule has 2 aromatic rings. The molecule has 0 saturated carbocycles. The Balaban J connectivity index is 1.06. The minimum atomic E-state index is -4.47. The molecule has 4 unspecified atom stereocenters. The molecule has 4 amide bonds. The van der Waals surface area contributed by atoms with Gasteiger partial charge in [0, 0.05) is 34.3 Å². The van der Waals surface area contributed by atoms with Crippen molar-refractivity contribution < 1.29 is 50.5 Å². The van der Waals surface area contributed by atoms with Gasteiger partial charge in [0.25, 0.3) is 32.1 Å². The molecule has 6 N–H and O–H groups in total. The molecule has 17 heteroatoms. The number of amides is 4. The molecule has 4 atom stereocenters. The fraction of sp³-hybridized carbons (Fsp3) is 0.171. The molecular formula is C35H30N4O11S2.